The summed E-state index contributed by atoms with van der Waals surface area (Å²) in [5, 5.41) is 0.741. The van der Waals surface area contributed by atoms with Crippen molar-refractivity contribution in [3.63, 3.8) is 0 Å². The number of hydrogen-bond donors (Lipinski definition) is 2. The van der Waals surface area contributed by atoms with Crippen molar-refractivity contribution in [1.82, 2.24) is 9.97 Å². The largest absolute Gasteiger partial charge is 0.492 e. The third-order valence-corrected chi connectivity index (χ3v) is 8.36. The lowest BCUT2D eigenvalue weighted by molar-refractivity contribution is -0.922. The third-order valence-electron chi connectivity index (χ3n) is 5.41. The minimum Gasteiger partial charge on any atom is -0.492 e. The number of aromatic nitrogens is 2. The standard InChI is InChI=1S/C21H25BrN4O4S2/c1-4-30-16-6-5-15(22)11-17(16)32(27,28)25-20-19-13(2)14(3)31-21(19)24-18(23-20)12-26-7-9-29-10-8-26/h5-6,11H,4,7-10,12H2,1-3H3,(H,23,24,25)/p+1. The summed E-state index contributed by atoms with van der Waals surface area (Å²) >= 11 is 4.91. The van der Waals surface area contributed by atoms with Crippen LogP contribution in [0.15, 0.2) is 27.6 Å². The minimum absolute atomic E-state index is 0.0606. The molecule has 2 N–H and O–H groups in total. The van der Waals surface area contributed by atoms with Gasteiger partial charge in [0.15, 0.2) is 11.6 Å². The van der Waals surface area contributed by atoms with Crippen molar-refractivity contribution < 1.29 is 22.8 Å². The number of morpholine rings is 1. The molecule has 0 aliphatic carbocycles. The fraction of sp³-hybridized carbons (Fsp3) is 0.429. The molecular formula is C21H26BrN4O4S2+. The predicted molar refractivity (Wildman–Crippen MR) is 128 cm³/mol. The lowest BCUT2D eigenvalue weighted by Gasteiger charge is -2.23. The second-order valence-corrected chi connectivity index (χ2v) is 11.4. The van der Waals surface area contributed by atoms with E-state index in [1.807, 2.05) is 20.8 Å². The minimum atomic E-state index is -3.95. The van der Waals surface area contributed by atoms with E-state index in [9.17, 15) is 8.42 Å². The smallest absolute Gasteiger partial charge is 0.266 e. The van der Waals surface area contributed by atoms with E-state index in [2.05, 4.69) is 25.6 Å². The van der Waals surface area contributed by atoms with E-state index in [0.717, 1.165) is 33.7 Å². The fourth-order valence-electron chi connectivity index (χ4n) is 3.66. The molecule has 0 unspecified atom stereocenters. The van der Waals surface area contributed by atoms with Gasteiger partial charge < -0.3 is 14.4 Å². The van der Waals surface area contributed by atoms with Gasteiger partial charge in [-0.15, -0.1) is 11.3 Å². The Hall–Kier alpha value is -1.79. The van der Waals surface area contributed by atoms with Gasteiger partial charge in [0, 0.05) is 9.35 Å². The number of hydrogen-bond acceptors (Lipinski definition) is 7. The van der Waals surface area contributed by atoms with Gasteiger partial charge in [-0.25, -0.2) is 18.4 Å². The van der Waals surface area contributed by atoms with E-state index in [1.54, 1.807) is 23.5 Å². The summed E-state index contributed by atoms with van der Waals surface area (Å²) in [4.78, 5) is 12.7. The van der Waals surface area contributed by atoms with Gasteiger partial charge in [0.1, 0.15) is 35.1 Å². The van der Waals surface area contributed by atoms with Crippen molar-refractivity contribution >= 4 is 53.3 Å². The molecule has 11 heteroatoms. The van der Waals surface area contributed by atoms with Crippen LogP contribution in [0.5, 0.6) is 5.75 Å². The number of nitrogens with zero attached hydrogens (tertiary/aromatic N) is 2. The lowest BCUT2D eigenvalue weighted by atomic mass is 10.2. The molecule has 1 aromatic carbocycles. The molecule has 0 saturated carbocycles. The molecule has 1 aliphatic rings. The first kappa shape index (κ1) is 23.4. The average Bonchev–Trinajstić information content (AvgIpc) is 3.03. The number of fused-ring (bicyclic) bond motifs is 1. The Morgan fingerprint density at radius 2 is 2.00 bits per heavy atom. The monoisotopic (exact) mass is 541 g/mol. The number of rotatable bonds is 7. The van der Waals surface area contributed by atoms with Gasteiger partial charge in [-0.2, -0.15) is 0 Å². The number of ether oxygens (including phenoxy) is 2. The highest BCUT2D eigenvalue weighted by Crippen LogP contribution is 2.35. The fourth-order valence-corrected chi connectivity index (χ4v) is 6.40. The Balaban J connectivity index is 1.76. The van der Waals surface area contributed by atoms with Crippen LogP contribution in [0.3, 0.4) is 0 Å². The van der Waals surface area contributed by atoms with Crippen LogP contribution >= 0.6 is 27.3 Å². The Morgan fingerprint density at radius 1 is 1.25 bits per heavy atom. The molecule has 0 bridgehead atoms. The molecule has 3 aromatic rings. The Kier molecular flexibility index (Phi) is 7.01. The number of benzene rings is 1. The van der Waals surface area contributed by atoms with Crippen LogP contribution in [0.4, 0.5) is 5.82 Å². The normalized spacial score (nSPS) is 15.2. The first-order valence-electron chi connectivity index (χ1n) is 10.4. The summed E-state index contributed by atoms with van der Waals surface area (Å²) in [6, 6.07) is 4.93. The molecule has 1 fully saturated rings. The van der Waals surface area contributed by atoms with Gasteiger partial charge in [-0.05, 0) is 44.5 Å². The van der Waals surface area contributed by atoms with Crippen LogP contribution in [0.25, 0.3) is 10.2 Å². The molecule has 1 saturated heterocycles. The van der Waals surface area contributed by atoms with Crippen molar-refractivity contribution in [3.8, 4) is 5.75 Å². The third kappa shape index (κ3) is 4.91. The van der Waals surface area contributed by atoms with E-state index >= 15 is 0 Å². The van der Waals surface area contributed by atoms with Gasteiger partial charge in [0.25, 0.3) is 10.0 Å². The van der Waals surface area contributed by atoms with Crippen molar-refractivity contribution in [1.29, 1.82) is 0 Å². The molecule has 172 valence electrons. The molecule has 32 heavy (non-hydrogen) atoms. The molecule has 0 radical (unpaired) electrons. The maximum Gasteiger partial charge on any atom is 0.266 e. The molecule has 2 aromatic heterocycles. The van der Waals surface area contributed by atoms with Crippen LogP contribution < -0.4 is 14.4 Å². The Labute approximate surface area is 200 Å². The van der Waals surface area contributed by atoms with Gasteiger partial charge >= 0.3 is 0 Å². The zero-order valence-electron chi connectivity index (χ0n) is 18.2. The van der Waals surface area contributed by atoms with Crippen LogP contribution in [0, 0.1) is 13.8 Å². The van der Waals surface area contributed by atoms with E-state index in [1.165, 1.54) is 11.0 Å². The zero-order chi connectivity index (χ0) is 22.9. The van der Waals surface area contributed by atoms with Gasteiger partial charge in [0.2, 0.25) is 0 Å². The number of thiophene rings is 1. The zero-order valence-corrected chi connectivity index (χ0v) is 21.4. The number of nitrogens with one attached hydrogen (secondary N) is 2. The van der Waals surface area contributed by atoms with Crippen molar-refractivity contribution in [2.75, 3.05) is 37.6 Å². The number of quaternary nitrogens is 1. The Morgan fingerprint density at radius 3 is 2.72 bits per heavy atom. The van der Waals surface area contributed by atoms with Crippen LogP contribution in [-0.4, -0.2) is 51.3 Å². The predicted octanol–water partition coefficient (Wildman–Crippen LogP) is 2.69. The quantitative estimate of drug-likeness (QED) is 0.477. The van der Waals surface area contributed by atoms with Crippen LogP contribution in [0.1, 0.15) is 23.2 Å². The van der Waals surface area contributed by atoms with Crippen LogP contribution in [-0.2, 0) is 21.3 Å². The maximum atomic E-state index is 13.4. The number of sulfonamides is 1. The molecule has 8 nitrogen and oxygen atoms in total. The van der Waals surface area contributed by atoms with E-state index in [4.69, 9.17) is 14.5 Å². The van der Waals surface area contributed by atoms with E-state index in [-0.39, 0.29) is 4.90 Å². The van der Waals surface area contributed by atoms with Crippen molar-refractivity contribution in [2.24, 2.45) is 0 Å². The molecule has 0 spiro atoms. The van der Waals surface area contributed by atoms with E-state index < -0.39 is 10.0 Å². The first-order chi connectivity index (χ1) is 15.3. The number of aryl methyl sites for hydroxylation is 2. The van der Waals surface area contributed by atoms with Crippen molar-refractivity contribution in [2.45, 2.75) is 32.2 Å². The van der Waals surface area contributed by atoms with Crippen LogP contribution in [0.2, 0.25) is 0 Å². The summed E-state index contributed by atoms with van der Waals surface area (Å²) in [6.45, 7) is 9.93. The van der Waals surface area contributed by atoms with Gasteiger partial charge in [-0.1, -0.05) is 15.9 Å². The van der Waals surface area contributed by atoms with E-state index in [0.29, 0.717) is 48.2 Å². The van der Waals surface area contributed by atoms with Gasteiger partial charge in [0.05, 0.1) is 25.2 Å². The highest BCUT2D eigenvalue weighted by molar-refractivity contribution is 9.10. The molecule has 4 rings (SSSR count). The van der Waals surface area contributed by atoms with Gasteiger partial charge in [-0.3, -0.25) is 4.72 Å². The second-order valence-electron chi connectivity index (χ2n) is 7.62. The maximum absolute atomic E-state index is 13.4. The SMILES string of the molecule is CCOc1ccc(Br)cc1S(=O)(=O)Nc1nc(C[NH+]2CCOCC2)nc2sc(C)c(C)c12. The van der Waals surface area contributed by atoms with Crippen molar-refractivity contribution in [3.05, 3.63) is 38.9 Å². The number of halogens is 1. The summed E-state index contributed by atoms with van der Waals surface area (Å²) < 4.78 is 41.2. The highest BCUT2D eigenvalue weighted by Gasteiger charge is 2.25. The molecule has 3 heterocycles. The first-order valence-corrected chi connectivity index (χ1v) is 13.5. The highest BCUT2D eigenvalue weighted by atomic mass is 79.9. The molecular weight excluding hydrogens is 516 g/mol. The summed E-state index contributed by atoms with van der Waals surface area (Å²) in [5.41, 5.74) is 0.979. The summed E-state index contributed by atoms with van der Waals surface area (Å²) in [7, 11) is -3.95. The topological polar surface area (TPSA) is 94.9 Å². The molecule has 0 atom stereocenters. The summed E-state index contributed by atoms with van der Waals surface area (Å²) in [5.74, 6) is 1.22. The Bertz CT molecular complexity index is 1240. The second kappa shape index (κ2) is 9.60. The number of anilines is 1. The lowest BCUT2D eigenvalue weighted by Crippen LogP contribution is -3.12. The average molecular weight is 543 g/mol. The molecule has 1 aliphatic heterocycles. The molecule has 0 amide bonds. The summed E-state index contributed by atoms with van der Waals surface area (Å²) in [6.07, 6.45) is 0.